The SMILES string of the molecule is N#Cc1ccc2c(c1)-c1cc(-c3cccc(-c4cccc(-c5nc(-c6ccccc6)cc(-c6ccccc6)n5)c4)c3)ccc1C21c2ccccc2Sc2ccccc21. The van der Waals surface area contributed by atoms with E-state index in [0.29, 0.717) is 11.4 Å². The van der Waals surface area contributed by atoms with Gasteiger partial charge < -0.3 is 0 Å². The number of nitrogens with zero attached hydrogens (tertiary/aromatic N) is 3. The van der Waals surface area contributed by atoms with E-state index >= 15 is 0 Å². The van der Waals surface area contributed by atoms with Crippen molar-refractivity contribution in [3.05, 3.63) is 228 Å². The van der Waals surface area contributed by atoms with Crippen molar-refractivity contribution < 1.29 is 0 Å². The summed E-state index contributed by atoms with van der Waals surface area (Å²) in [5.41, 5.74) is 16.8. The van der Waals surface area contributed by atoms with Gasteiger partial charge in [0, 0.05) is 26.5 Å². The standard InChI is InChI=1S/C54H33N3S/c55-34-35-25-27-45-43(29-35)44-32-41(26-28-46(44)54(45)47-21-7-9-23-51(47)58-52-24-10-8-22-48(52)54)39-18-11-17-38(30-39)40-19-12-20-42(31-40)53-56-49(36-13-3-1-4-14-36)33-50(57-53)37-15-5-2-6-16-37/h1-33H. The second-order valence-corrected chi connectivity index (χ2v) is 15.9. The zero-order valence-corrected chi connectivity index (χ0v) is 32.1. The summed E-state index contributed by atoms with van der Waals surface area (Å²) in [7, 11) is 0. The highest BCUT2D eigenvalue weighted by atomic mass is 32.2. The van der Waals surface area contributed by atoms with Crippen LogP contribution in [0.5, 0.6) is 0 Å². The van der Waals surface area contributed by atoms with E-state index < -0.39 is 5.41 Å². The van der Waals surface area contributed by atoms with Gasteiger partial charge in [-0.15, -0.1) is 0 Å². The van der Waals surface area contributed by atoms with Crippen LogP contribution < -0.4 is 0 Å². The van der Waals surface area contributed by atoms with Crippen LogP contribution in [0.1, 0.15) is 27.8 Å². The first-order valence-electron chi connectivity index (χ1n) is 19.4. The molecule has 4 heteroatoms. The average molecular weight is 756 g/mol. The highest BCUT2D eigenvalue weighted by molar-refractivity contribution is 7.99. The van der Waals surface area contributed by atoms with Gasteiger partial charge in [-0.3, -0.25) is 0 Å². The summed E-state index contributed by atoms with van der Waals surface area (Å²) >= 11 is 1.84. The first kappa shape index (κ1) is 34.0. The van der Waals surface area contributed by atoms with E-state index in [4.69, 9.17) is 9.97 Å². The lowest BCUT2D eigenvalue weighted by Crippen LogP contribution is -2.31. The minimum atomic E-state index is -0.488. The number of hydrogen-bond donors (Lipinski definition) is 0. The van der Waals surface area contributed by atoms with Crippen molar-refractivity contribution >= 4 is 11.8 Å². The fraction of sp³-hybridized carbons (Fsp3) is 0.0185. The maximum absolute atomic E-state index is 10.1. The molecule has 1 spiro atoms. The van der Waals surface area contributed by atoms with Gasteiger partial charge in [0.15, 0.2) is 5.82 Å². The van der Waals surface area contributed by atoms with E-state index in [1.54, 1.807) is 0 Å². The minimum Gasteiger partial charge on any atom is -0.228 e. The third kappa shape index (κ3) is 5.44. The summed E-state index contributed by atoms with van der Waals surface area (Å²) in [5.74, 6) is 0.686. The predicted molar refractivity (Wildman–Crippen MR) is 235 cm³/mol. The summed E-state index contributed by atoms with van der Waals surface area (Å²) in [6.07, 6.45) is 0. The van der Waals surface area contributed by atoms with Crippen LogP contribution in [0.3, 0.4) is 0 Å². The molecule has 58 heavy (non-hydrogen) atoms. The van der Waals surface area contributed by atoms with Crippen LogP contribution >= 0.6 is 11.8 Å². The van der Waals surface area contributed by atoms with E-state index in [9.17, 15) is 5.26 Å². The third-order valence-electron chi connectivity index (χ3n) is 11.6. The number of aromatic nitrogens is 2. The molecule has 0 saturated carbocycles. The van der Waals surface area contributed by atoms with Crippen molar-refractivity contribution in [2.24, 2.45) is 0 Å². The first-order valence-corrected chi connectivity index (χ1v) is 20.3. The lowest BCUT2D eigenvalue weighted by molar-refractivity contribution is 0.722. The Labute approximate surface area is 342 Å². The van der Waals surface area contributed by atoms with Gasteiger partial charge in [-0.2, -0.15) is 5.26 Å². The number of rotatable bonds is 5. The lowest BCUT2D eigenvalue weighted by atomic mass is 9.67. The van der Waals surface area contributed by atoms with E-state index in [1.165, 1.54) is 32.0 Å². The van der Waals surface area contributed by atoms with E-state index in [0.717, 1.165) is 61.5 Å². The van der Waals surface area contributed by atoms with E-state index in [-0.39, 0.29) is 0 Å². The zero-order chi connectivity index (χ0) is 38.6. The number of fused-ring (bicyclic) bond motifs is 9. The molecule has 0 radical (unpaired) electrons. The van der Waals surface area contributed by atoms with E-state index in [2.05, 4.69) is 164 Å². The Bertz CT molecular complexity index is 3010. The van der Waals surface area contributed by atoms with E-state index in [1.807, 2.05) is 54.2 Å². The Kier molecular flexibility index (Phi) is 8.03. The lowest BCUT2D eigenvalue weighted by Gasteiger charge is -2.39. The summed E-state index contributed by atoms with van der Waals surface area (Å²) in [4.78, 5) is 12.7. The van der Waals surface area contributed by atoms with Crippen LogP contribution in [-0.4, -0.2) is 9.97 Å². The normalized spacial score (nSPS) is 12.9. The van der Waals surface area contributed by atoms with Crippen LogP contribution in [0, 0.1) is 11.3 Å². The van der Waals surface area contributed by atoms with Crippen LogP contribution in [0.4, 0.5) is 0 Å². The van der Waals surface area contributed by atoms with Gasteiger partial charge >= 0.3 is 0 Å². The van der Waals surface area contributed by atoms with Crippen molar-refractivity contribution in [3.63, 3.8) is 0 Å². The highest BCUT2D eigenvalue weighted by Crippen LogP contribution is 2.62. The molecule has 9 aromatic rings. The van der Waals surface area contributed by atoms with Crippen molar-refractivity contribution in [3.8, 4) is 73.4 Å². The van der Waals surface area contributed by atoms with Crippen molar-refractivity contribution in [1.29, 1.82) is 5.26 Å². The molecule has 1 aliphatic carbocycles. The molecule has 2 heterocycles. The maximum Gasteiger partial charge on any atom is 0.160 e. The molecular weight excluding hydrogens is 723 g/mol. The van der Waals surface area contributed by atoms with Gasteiger partial charge in [-0.05, 0) is 104 Å². The first-order chi connectivity index (χ1) is 28.7. The Morgan fingerprint density at radius 1 is 0.379 bits per heavy atom. The summed E-state index contributed by atoms with van der Waals surface area (Å²) in [6.45, 7) is 0. The molecule has 0 amide bonds. The maximum atomic E-state index is 10.1. The van der Waals surface area contributed by atoms with Crippen LogP contribution in [0.15, 0.2) is 210 Å². The van der Waals surface area contributed by atoms with Gasteiger partial charge in [-0.1, -0.05) is 163 Å². The highest BCUT2D eigenvalue weighted by Gasteiger charge is 2.50. The Morgan fingerprint density at radius 3 is 1.43 bits per heavy atom. The second-order valence-electron chi connectivity index (χ2n) is 14.8. The van der Waals surface area contributed by atoms with Crippen LogP contribution in [0.25, 0.3) is 67.3 Å². The molecule has 0 N–H and O–H groups in total. The Balaban J connectivity index is 1.03. The van der Waals surface area contributed by atoms with Crippen molar-refractivity contribution in [2.75, 3.05) is 0 Å². The largest absolute Gasteiger partial charge is 0.228 e. The molecule has 0 fully saturated rings. The van der Waals surface area contributed by atoms with Gasteiger partial charge in [0.05, 0.1) is 28.4 Å². The number of hydrogen-bond acceptors (Lipinski definition) is 4. The van der Waals surface area contributed by atoms with Gasteiger partial charge in [0.2, 0.25) is 0 Å². The molecule has 0 saturated heterocycles. The molecule has 8 aromatic carbocycles. The molecule has 1 aliphatic heterocycles. The minimum absolute atomic E-state index is 0.488. The number of nitriles is 1. The van der Waals surface area contributed by atoms with Gasteiger partial charge in [-0.25, -0.2) is 9.97 Å². The van der Waals surface area contributed by atoms with Crippen LogP contribution in [-0.2, 0) is 5.41 Å². The summed E-state index contributed by atoms with van der Waals surface area (Å²) < 4.78 is 0. The van der Waals surface area contributed by atoms with Gasteiger partial charge in [0.25, 0.3) is 0 Å². The average Bonchev–Trinajstić information content (AvgIpc) is 3.58. The van der Waals surface area contributed by atoms with Crippen molar-refractivity contribution in [1.82, 2.24) is 9.97 Å². The molecule has 2 aliphatic rings. The third-order valence-corrected chi connectivity index (χ3v) is 12.7. The fourth-order valence-corrected chi connectivity index (χ4v) is 10.2. The molecule has 1 aromatic heterocycles. The summed E-state index contributed by atoms with van der Waals surface area (Å²) in [5, 5.41) is 10.1. The summed E-state index contributed by atoms with van der Waals surface area (Å²) in [6, 6.07) is 73.2. The Hall–Kier alpha value is -7.32. The molecule has 0 atom stereocenters. The van der Waals surface area contributed by atoms with Crippen molar-refractivity contribution in [2.45, 2.75) is 15.2 Å². The molecule has 0 bridgehead atoms. The molecule has 0 unspecified atom stereocenters. The quantitative estimate of drug-likeness (QED) is 0.175. The topological polar surface area (TPSA) is 49.6 Å². The monoisotopic (exact) mass is 755 g/mol. The predicted octanol–water partition coefficient (Wildman–Crippen LogP) is 13.5. The Morgan fingerprint density at radius 2 is 0.845 bits per heavy atom. The molecule has 3 nitrogen and oxygen atoms in total. The zero-order valence-electron chi connectivity index (χ0n) is 31.3. The van der Waals surface area contributed by atoms with Gasteiger partial charge in [0.1, 0.15) is 0 Å². The fourth-order valence-electron chi connectivity index (χ4n) is 8.96. The number of benzene rings is 8. The smallest absolute Gasteiger partial charge is 0.160 e. The molecular formula is C54H33N3S. The molecule has 11 rings (SSSR count). The second kappa shape index (κ2) is 13.7. The van der Waals surface area contributed by atoms with Crippen LogP contribution in [0.2, 0.25) is 0 Å². The molecule has 270 valence electrons.